The van der Waals surface area contributed by atoms with Crippen LogP contribution in [-0.4, -0.2) is 9.55 Å². The molecule has 2 aromatic rings. The van der Waals surface area contributed by atoms with Crippen LogP contribution in [0.5, 0.6) is 0 Å². The first-order valence-electron chi connectivity index (χ1n) is 4.83. The Morgan fingerprint density at radius 1 is 1.50 bits per heavy atom. The Balaban J connectivity index is 2.54. The summed E-state index contributed by atoms with van der Waals surface area (Å²) in [6.07, 6.45) is 3.47. The fourth-order valence-electron chi connectivity index (χ4n) is 1.52. The predicted octanol–water partition coefficient (Wildman–Crippen LogP) is 3.31. The van der Waals surface area contributed by atoms with Gasteiger partial charge >= 0.3 is 0 Å². The van der Waals surface area contributed by atoms with Crippen molar-refractivity contribution in [1.82, 2.24) is 9.55 Å². The summed E-state index contributed by atoms with van der Waals surface area (Å²) in [6.45, 7) is 1.92. The molecule has 1 aromatic carbocycles. The Kier molecular flexibility index (Phi) is 3.33. The number of aromatic nitrogens is 2. The SMILES string of the molecule is C[C@@H](N)c1cncn1-c1ccc(Br)cc1Cl. The van der Waals surface area contributed by atoms with E-state index in [1.807, 2.05) is 29.7 Å². The Morgan fingerprint density at radius 2 is 2.25 bits per heavy atom. The van der Waals surface area contributed by atoms with Crippen molar-refractivity contribution in [3.05, 3.63) is 45.9 Å². The van der Waals surface area contributed by atoms with Crippen LogP contribution in [0.25, 0.3) is 5.69 Å². The monoisotopic (exact) mass is 299 g/mol. The van der Waals surface area contributed by atoms with Crippen molar-refractivity contribution in [2.24, 2.45) is 5.73 Å². The zero-order valence-electron chi connectivity index (χ0n) is 8.69. The molecular weight excluding hydrogens is 289 g/mol. The van der Waals surface area contributed by atoms with Crippen molar-refractivity contribution in [3.8, 4) is 5.69 Å². The molecule has 84 valence electrons. The van der Waals surface area contributed by atoms with Gasteiger partial charge in [-0.15, -0.1) is 0 Å². The molecule has 0 spiro atoms. The Bertz CT molecular complexity index is 508. The molecule has 1 atom stereocenters. The van der Waals surface area contributed by atoms with Gasteiger partial charge in [0.2, 0.25) is 0 Å². The van der Waals surface area contributed by atoms with Crippen LogP contribution in [0.15, 0.2) is 35.2 Å². The number of imidazole rings is 1. The van der Waals surface area contributed by atoms with Gasteiger partial charge in [-0.3, -0.25) is 0 Å². The van der Waals surface area contributed by atoms with Crippen LogP contribution in [0.2, 0.25) is 5.02 Å². The van der Waals surface area contributed by atoms with Crippen LogP contribution in [0.1, 0.15) is 18.7 Å². The lowest BCUT2D eigenvalue weighted by atomic mass is 10.2. The lowest BCUT2D eigenvalue weighted by molar-refractivity contribution is 0.752. The molecular formula is C11H11BrClN3. The van der Waals surface area contributed by atoms with Crippen LogP contribution in [0, 0.1) is 0 Å². The molecule has 1 aromatic heterocycles. The van der Waals surface area contributed by atoms with Gasteiger partial charge in [-0.25, -0.2) is 4.98 Å². The first-order chi connectivity index (χ1) is 7.59. The molecule has 5 heteroatoms. The summed E-state index contributed by atoms with van der Waals surface area (Å²) < 4.78 is 2.85. The molecule has 0 aliphatic carbocycles. The Hall–Kier alpha value is -0.840. The Morgan fingerprint density at radius 3 is 2.88 bits per heavy atom. The topological polar surface area (TPSA) is 43.8 Å². The molecule has 0 fully saturated rings. The minimum absolute atomic E-state index is 0.0813. The minimum Gasteiger partial charge on any atom is -0.323 e. The van der Waals surface area contributed by atoms with E-state index in [9.17, 15) is 0 Å². The van der Waals surface area contributed by atoms with Gasteiger partial charge in [-0.2, -0.15) is 0 Å². The number of halogens is 2. The number of nitrogens with zero attached hydrogens (tertiary/aromatic N) is 2. The molecule has 16 heavy (non-hydrogen) atoms. The second-order valence-corrected chi connectivity index (χ2v) is 4.90. The molecule has 0 saturated carbocycles. The number of benzene rings is 1. The average molecular weight is 301 g/mol. The summed E-state index contributed by atoms with van der Waals surface area (Å²) in [7, 11) is 0. The van der Waals surface area contributed by atoms with Gasteiger partial charge in [-0.1, -0.05) is 27.5 Å². The van der Waals surface area contributed by atoms with E-state index in [-0.39, 0.29) is 6.04 Å². The van der Waals surface area contributed by atoms with Crippen molar-refractivity contribution in [1.29, 1.82) is 0 Å². The van der Waals surface area contributed by atoms with E-state index in [0.29, 0.717) is 5.02 Å². The van der Waals surface area contributed by atoms with Gasteiger partial charge < -0.3 is 10.3 Å². The fraction of sp³-hybridized carbons (Fsp3) is 0.182. The molecule has 0 aliphatic heterocycles. The van der Waals surface area contributed by atoms with Crippen LogP contribution in [-0.2, 0) is 0 Å². The molecule has 0 bridgehead atoms. The van der Waals surface area contributed by atoms with E-state index in [0.717, 1.165) is 15.9 Å². The molecule has 0 saturated heterocycles. The largest absolute Gasteiger partial charge is 0.323 e. The van der Waals surface area contributed by atoms with E-state index in [1.165, 1.54) is 0 Å². The van der Waals surface area contributed by atoms with Gasteiger partial charge in [0.05, 0.1) is 28.9 Å². The maximum absolute atomic E-state index is 6.18. The summed E-state index contributed by atoms with van der Waals surface area (Å²) in [5.41, 5.74) is 7.68. The molecule has 0 aliphatic rings. The highest BCUT2D eigenvalue weighted by molar-refractivity contribution is 9.10. The van der Waals surface area contributed by atoms with Crippen LogP contribution >= 0.6 is 27.5 Å². The quantitative estimate of drug-likeness (QED) is 0.924. The fourth-order valence-corrected chi connectivity index (χ4v) is 2.28. The average Bonchev–Trinajstić information content (AvgIpc) is 2.66. The number of hydrogen-bond donors (Lipinski definition) is 1. The summed E-state index contributed by atoms with van der Waals surface area (Å²) in [6, 6.07) is 5.63. The van der Waals surface area contributed by atoms with Crippen LogP contribution in [0.3, 0.4) is 0 Å². The maximum atomic E-state index is 6.18. The zero-order chi connectivity index (χ0) is 11.7. The van der Waals surface area contributed by atoms with Gasteiger partial charge in [0.1, 0.15) is 0 Å². The van der Waals surface area contributed by atoms with Gasteiger partial charge in [0.15, 0.2) is 0 Å². The number of hydrogen-bond acceptors (Lipinski definition) is 2. The summed E-state index contributed by atoms with van der Waals surface area (Å²) in [5, 5.41) is 0.661. The first kappa shape index (κ1) is 11.6. The molecule has 3 nitrogen and oxygen atoms in total. The molecule has 2 rings (SSSR count). The summed E-state index contributed by atoms with van der Waals surface area (Å²) >= 11 is 9.55. The normalized spacial score (nSPS) is 12.8. The van der Waals surface area contributed by atoms with E-state index in [1.54, 1.807) is 12.5 Å². The minimum atomic E-state index is -0.0813. The van der Waals surface area contributed by atoms with E-state index in [2.05, 4.69) is 20.9 Å². The second kappa shape index (κ2) is 4.57. The third-order valence-electron chi connectivity index (χ3n) is 2.30. The van der Waals surface area contributed by atoms with Crippen LogP contribution < -0.4 is 5.73 Å². The van der Waals surface area contributed by atoms with Crippen molar-refractivity contribution < 1.29 is 0 Å². The van der Waals surface area contributed by atoms with Gasteiger partial charge in [0, 0.05) is 10.5 Å². The predicted molar refractivity (Wildman–Crippen MR) is 68.9 cm³/mol. The zero-order valence-corrected chi connectivity index (χ0v) is 11.0. The highest BCUT2D eigenvalue weighted by atomic mass is 79.9. The Labute approximate surface area is 107 Å². The summed E-state index contributed by atoms with van der Waals surface area (Å²) in [5.74, 6) is 0. The van der Waals surface area contributed by atoms with Crippen molar-refractivity contribution in [2.75, 3.05) is 0 Å². The number of nitrogens with two attached hydrogens (primary N) is 1. The van der Waals surface area contributed by atoms with Crippen molar-refractivity contribution in [3.63, 3.8) is 0 Å². The van der Waals surface area contributed by atoms with Gasteiger partial charge in [-0.05, 0) is 25.1 Å². The van der Waals surface area contributed by atoms with Crippen molar-refractivity contribution in [2.45, 2.75) is 13.0 Å². The van der Waals surface area contributed by atoms with E-state index < -0.39 is 0 Å². The third-order valence-corrected chi connectivity index (χ3v) is 3.10. The lowest BCUT2D eigenvalue weighted by Gasteiger charge is -2.12. The van der Waals surface area contributed by atoms with Crippen LogP contribution in [0.4, 0.5) is 0 Å². The second-order valence-electron chi connectivity index (χ2n) is 3.57. The lowest BCUT2D eigenvalue weighted by Crippen LogP contribution is -2.10. The van der Waals surface area contributed by atoms with Crippen molar-refractivity contribution >= 4 is 27.5 Å². The van der Waals surface area contributed by atoms with E-state index in [4.69, 9.17) is 17.3 Å². The highest BCUT2D eigenvalue weighted by Crippen LogP contribution is 2.26. The molecule has 0 amide bonds. The standard InChI is InChI=1S/C11H11BrClN3/c1-7(14)11-5-15-6-16(11)10-3-2-8(12)4-9(10)13/h2-7H,14H2,1H3/t7-/m1/s1. The summed E-state index contributed by atoms with van der Waals surface area (Å²) in [4.78, 5) is 4.10. The van der Waals surface area contributed by atoms with E-state index >= 15 is 0 Å². The molecule has 1 heterocycles. The first-order valence-corrected chi connectivity index (χ1v) is 6.00. The number of rotatable bonds is 2. The molecule has 0 unspecified atom stereocenters. The van der Waals surface area contributed by atoms with Gasteiger partial charge in [0.25, 0.3) is 0 Å². The molecule has 2 N–H and O–H groups in total. The highest BCUT2D eigenvalue weighted by Gasteiger charge is 2.10. The smallest absolute Gasteiger partial charge is 0.0995 e. The maximum Gasteiger partial charge on any atom is 0.0995 e. The third kappa shape index (κ3) is 2.14. The molecule has 0 radical (unpaired) electrons.